The van der Waals surface area contributed by atoms with Gasteiger partial charge in [0.25, 0.3) is 0 Å². The zero-order valence-electron chi connectivity index (χ0n) is 17.3. The Morgan fingerprint density at radius 2 is 2.07 bits per heavy atom. The van der Waals surface area contributed by atoms with E-state index in [4.69, 9.17) is 0 Å². The number of rotatable bonds is 7. The number of aromatic nitrogens is 1. The molecule has 0 spiro atoms. The van der Waals surface area contributed by atoms with E-state index >= 15 is 0 Å². The normalized spacial score (nSPS) is 17.1. The standard InChI is InChI=1S/C22H31N3O2S/c1-5-6-13-25-18(26)14-28-22-19(16-9-7-8-10-17(16)24(22)4)20(25)21(27)23-12-11-15(2)3/h7-10,15,20H,5-6,11-14H2,1-4H3,(H,23,27). The summed E-state index contributed by atoms with van der Waals surface area (Å²) >= 11 is 1.55. The minimum atomic E-state index is -0.567. The third-order valence-electron chi connectivity index (χ3n) is 5.35. The van der Waals surface area contributed by atoms with Gasteiger partial charge in [-0.15, -0.1) is 0 Å². The molecule has 152 valence electrons. The third-order valence-corrected chi connectivity index (χ3v) is 6.51. The number of nitrogens with one attached hydrogen (secondary N) is 1. The van der Waals surface area contributed by atoms with Crippen LogP contribution in [-0.2, 0) is 16.6 Å². The van der Waals surface area contributed by atoms with Crippen molar-refractivity contribution in [3.63, 3.8) is 0 Å². The fourth-order valence-electron chi connectivity index (χ4n) is 3.79. The third kappa shape index (κ3) is 4.07. The first kappa shape index (κ1) is 20.8. The lowest BCUT2D eigenvalue weighted by atomic mass is 10.0. The molecule has 0 saturated heterocycles. The molecule has 28 heavy (non-hydrogen) atoms. The maximum absolute atomic E-state index is 13.3. The van der Waals surface area contributed by atoms with Gasteiger partial charge >= 0.3 is 0 Å². The van der Waals surface area contributed by atoms with Gasteiger partial charge in [-0.1, -0.05) is 57.2 Å². The Morgan fingerprint density at radius 1 is 1.32 bits per heavy atom. The van der Waals surface area contributed by atoms with Crippen LogP contribution in [0.1, 0.15) is 51.6 Å². The van der Waals surface area contributed by atoms with Crippen molar-refractivity contribution in [2.24, 2.45) is 13.0 Å². The molecular weight excluding hydrogens is 370 g/mol. The summed E-state index contributed by atoms with van der Waals surface area (Å²) in [4.78, 5) is 28.1. The molecule has 3 rings (SSSR count). The van der Waals surface area contributed by atoms with Crippen LogP contribution < -0.4 is 5.32 Å². The van der Waals surface area contributed by atoms with Gasteiger partial charge in [-0.2, -0.15) is 0 Å². The Bertz CT molecular complexity index is 859. The summed E-state index contributed by atoms with van der Waals surface area (Å²) in [5, 5.41) is 5.19. The first-order valence-electron chi connectivity index (χ1n) is 10.2. The van der Waals surface area contributed by atoms with Crippen LogP contribution in [0.15, 0.2) is 29.3 Å². The fourth-order valence-corrected chi connectivity index (χ4v) is 4.88. The summed E-state index contributed by atoms with van der Waals surface area (Å²) in [6.45, 7) is 7.65. The molecule has 0 bridgehead atoms. The number of para-hydroxylation sites is 1. The van der Waals surface area contributed by atoms with E-state index in [1.807, 2.05) is 19.2 Å². The van der Waals surface area contributed by atoms with E-state index in [9.17, 15) is 9.59 Å². The predicted octanol–water partition coefficient (Wildman–Crippen LogP) is 4.12. The van der Waals surface area contributed by atoms with Gasteiger partial charge in [-0.3, -0.25) is 9.59 Å². The molecule has 0 fully saturated rings. The van der Waals surface area contributed by atoms with Gasteiger partial charge in [-0.05, 0) is 24.8 Å². The number of unbranched alkanes of at least 4 members (excludes halogenated alkanes) is 1. The first-order chi connectivity index (χ1) is 13.5. The molecule has 1 N–H and O–H groups in total. The lowest BCUT2D eigenvalue weighted by Gasteiger charge is -2.30. The topological polar surface area (TPSA) is 54.3 Å². The Hall–Kier alpha value is -1.95. The summed E-state index contributed by atoms with van der Waals surface area (Å²) in [5.74, 6) is 0.875. The minimum absolute atomic E-state index is 0.0442. The minimum Gasteiger partial charge on any atom is -0.354 e. The van der Waals surface area contributed by atoms with Crippen molar-refractivity contribution in [2.75, 3.05) is 18.8 Å². The summed E-state index contributed by atoms with van der Waals surface area (Å²) in [7, 11) is 2.02. The van der Waals surface area contributed by atoms with E-state index in [0.29, 0.717) is 24.8 Å². The molecule has 6 heteroatoms. The van der Waals surface area contributed by atoms with Crippen LogP contribution in [0.3, 0.4) is 0 Å². The quantitative estimate of drug-likeness (QED) is 0.759. The number of carbonyl (C=O) groups excluding carboxylic acids is 2. The van der Waals surface area contributed by atoms with E-state index in [1.54, 1.807) is 16.7 Å². The highest BCUT2D eigenvalue weighted by atomic mass is 32.2. The molecule has 1 aromatic heterocycles. The Balaban J connectivity index is 2.07. The fraction of sp³-hybridized carbons (Fsp3) is 0.545. The van der Waals surface area contributed by atoms with Crippen LogP contribution in [0, 0.1) is 5.92 Å². The van der Waals surface area contributed by atoms with E-state index in [1.165, 1.54) is 0 Å². The first-order valence-corrected chi connectivity index (χ1v) is 11.2. The van der Waals surface area contributed by atoms with Crippen molar-refractivity contribution in [3.05, 3.63) is 29.8 Å². The maximum Gasteiger partial charge on any atom is 0.247 e. The number of amides is 2. The summed E-state index contributed by atoms with van der Waals surface area (Å²) in [6.07, 6.45) is 2.81. The molecule has 0 aliphatic carbocycles. The monoisotopic (exact) mass is 401 g/mol. The largest absolute Gasteiger partial charge is 0.354 e. The second-order valence-corrected chi connectivity index (χ2v) is 8.86. The molecule has 1 aliphatic heterocycles. The number of hydrogen-bond acceptors (Lipinski definition) is 3. The second kappa shape index (κ2) is 9.03. The molecule has 0 saturated carbocycles. The molecule has 5 nitrogen and oxygen atoms in total. The van der Waals surface area contributed by atoms with Gasteiger partial charge in [0.2, 0.25) is 11.8 Å². The Morgan fingerprint density at radius 3 is 2.79 bits per heavy atom. The predicted molar refractivity (Wildman–Crippen MR) is 115 cm³/mol. The molecule has 1 unspecified atom stereocenters. The lowest BCUT2D eigenvalue weighted by Crippen LogP contribution is -2.44. The van der Waals surface area contributed by atoms with Crippen molar-refractivity contribution >= 4 is 34.5 Å². The number of carbonyl (C=O) groups is 2. The zero-order valence-corrected chi connectivity index (χ0v) is 18.1. The number of nitrogens with zero attached hydrogens (tertiary/aromatic N) is 2. The molecular formula is C22H31N3O2S. The number of hydrogen-bond donors (Lipinski definition) is 1. The van der Waals surface area contributed by atoms with Crippen LogP contribution in [0.25, 0.3) is 10.9 Å². The Labute approximate surface area is 171 Å². The van der Waals surface area contributed by atoms with Gasteiger partial charge in [0.1, 0.15) is 6.04 Å². The number of fused-ring (bicyclic) bond motifs is 3. The molecule has 2 heterocycles. The van der Waals surface area contributed by atoms with Gasteiger partial charge in [0.05, 0.1) is 10.8 Å². The molecule has 2 aromatic rings. The summed E-state index contributed by atoms with van der Waals surface area (Å²) < 4.78 is 2.13. The summed E-state index contributed by atoms with van der Waals surface area (Å²) in [6, 6.07) is 7.60. The number of aryl methyl sites for hydroxylation is 1. The van der Waals surface area contributed by atoms with E-state index < -0.39 is 6.04 Å². The van der Waals surface area contributed by atoms with Crippen LogP contribution in [0.4, 0.5) is 0 Å². The average molecular weight is 402 g/mol. The highest BCUT2D eigenvalue weighted by Crippen LogP contribution is 2.41. The van der Waals surface area contributed by atoms with Gasteiger partial charge in [0.15, 0.2) is 0 Å². The van der Waals surface area contributed by atoms with Crippen molar-refractivity contribution in [3.8, 4) is 0 Å². The zero-order chi connectivity index (χ0) is 20.3. The molecule has 2 amide bonds. The molecule has 1 aliphatic rings. The lowest BCUT2D eigenvalue weighted by molar-refractivity contribution is -0.139. The smallest absolute Gasteiger partial charge is 0.247 e. The second-order valence-electron chi connectivity index (χ2n) is 7.90. The average Bonchev–Trinajstić information content (AvgIpc) is 2.85. The van der Waals surface area contributed by atoms with Crippen LogP contribution in [0.5, 0.6) is 0 Å². The summed E-state index contributed by atoms with van der Waals surface area (Å²) in [5.41, 5.74) is 2.08. The van der Waals surface area contributed by atoms with Crippen molar-refractivity contribution in [1.29, 1.82) is 0 Å². The highest BCUT2D eigenvalue weighted by Gasteiger charge is 2.38. The van der Waals surface area contributed by atoms with E-state index in [-0.39, 0.29) is 11.8 Å². The Kier molecular flexibility index (Phi) is 6.70. The van der Waals surface area contributed by atoms with Crippen LogP contribution in [0.2, 0.25) is 0 Å². The maximum atomic E-state index is 13.3. The van der Waals surface area contributed by atoms with Gasteiger partial charge in [-0.25, -0.2) is 0 Å². The van der Waals surface area contributed by atoms with Crippen molar-refractivity contribution in [1.82, 2.24) is 14.8 Å². The van der Waals surface area contributed by atoms with Gasteiger partial charge < -0.3 is 14.8 Å². The number of benzene rings is 1. The van der Waals surface area contributed by atoms with Gasteiger partial charge in [0, 0.05) is 36.6 Å². The molecule has 0 radical (unpaired) electrons. The molecule has 1 atom stereocenters. The van der Waals surface area contributed by atoms with Crippen LogP contribution >= 0.6 is 11.8 Å². The highest BCUT2D eigenvalue weighted by molar-refractivity contribution is 8.00. The van der Waals surface area contributed by atoms with Crippen LogP contribution in [-0.4, -0.2) is 40.1 Å². The van der Waals surface area contributed by atoms with E-state index in [0.717, 1.165) is 40.8 Å². The van der Waals surface area contributed by atoms with Crippen molar-refractivity contribution in [2.45, 2.75) is 51.1 Å². The van der Waals surface area contributed by atoms with E-state index in [2.05, 4.69) is 42.8 Å². The molecule has 1 aromatic carbocycles. The van der Waals surface area contributed by atoms with Crippen molar-refractivity contribution < 1.29 is 9.59 Å². The SMILES string of the molecule is CCCCN1C(=O)CSc2c(c3ccccc3n2C)C1C(=O)NCCC(C)C. The number of thioether (sulfide) groups is 1.